The van der Waals surface area contributed by atoms with Crippen LogP contribution in [-0.2, 0) is 9.53 Å². The number of carbonyl (C=O) groups is 1. The summed E-state index contributed by atoms with van der Waals surface area (Å²) in [4.78, 5) is 16.2. The van der Waals surface area contributed by atoms with Crippen LogP contribution in [0.2, 0.25) is 0 Å². The molecule has 18 heavy (non-hydrogen) atoms. The maximum absolute atomic E-state index is 12.0. The van der Waals surface area contributed by atoms with Gasteiger partial charge >= 0.3 is 0 Å². The lowest BCUT2D eigenvalue weighted by molar-refractivity contribution is -0.126. The number of anilines is 1. The van der Waals surface area contributed by atoms with Crippen LogP contribution in [0.5, 0.6) is 0 Å². The zero-order valence-electron chi connectivity index (χ0n) is 10.1. The first kappa shape index (κ1) is 13.5. The van der Waals surface area contributed by atoms with Crippen LogP contribution in [0, 0.1) is 6.92 Å². The molecule has 98 valence electrons. The molecule has 2 unspecified atom stereocenters. The first-order chi connectivity index (χ1) is 8.60. The number of aryl methyl sites for hydroxylation is 1. The molecule has 0 bridgehead atoms. The van der Waals surface area contributed by atoms with Crippen molar-refractivity contribution in [2.45, 2.75) is 32.0 Å². The van der Waals surface area contributed by atoms with Crippen molar-refractivity contribution in [1.29, 1.82) is 0 Å². The van der Waals surface area contributed by atoms with Gasteiger partial charge in [0, 0.05) is 6.54 Å². The van der Waals surface area contributed by atoms with E-state index < -0.39 is 6.10 Å². The van der Waals surface area contributed by atoms with E-state index in [1.807, 2.05) is 13.0 Å². The molecule has 1 aliphatic rings. The van der Waals surface area contributed by atoms with Gasteiger partial charge in [-0.3, -0.25) is 4.79 Å². The van der Waals surface area contributed by atoms with E-state index >= 15 is 0 Å². The van der Waals surface area contributed by atoms with E-state index in [9.17, 15) is 4.79 Å². The number of nitrogens with one attached hydrogen (secondary N) is 1. The van der Waals surface area contributed by atoms with Gasteiger partial charge in [0.1, 0.15) is 10.7 Å². The zero-order chi connectivity index (χ0) is 13.1. The number of pyridine rings is 1. The van der Waals surface area contributed by atoms with E-state index in [1.165, 1.54) is 0 Å². The van der Waals surface area contributed by atoms with E-state index in [2.05, 4.69) is 26.2 Å². The summed E-state index contributed by atoms with van der Waals surface area (Å²) >= 11 is 3.28. The lowest BCUT2D eigenvalue weighted by Crippen LogP contribution is -2.30. The molecule has 0 saturated carbocycles. The maximum atomic E-state index is 12.0. The Balaban J connectivity index is 1.99. The van der Waals surface area contributed by atoms with Gasteiger partial charge in [0.05, 0.1) is 17.5 Å². The average molecular weight is 314 g/mol. The summed E-state index contributed by atoms with van der Waals surface area (Å²) in [6.45, 7) is 2.31. The molecule has 2 heterocycles. The molecule has 1 amide bonds. The number of hydrogen-bond donors (Lipinski definition) is 2. The Labute approximate surface area is 114 Å². The second-order valence-corrected chi connectivity index (χ2v) is 5.13. The molecule has 5 nitrogen and oxygen atoms in total. The monoisotopic (exact) mass is 313 g/mol. The van der Waals surface area contributed by atoms with Crippen LogP contribution in [0.15, 0.2) is 16.7 Å². The number of nitrogens with zero attached hydrogens (tertiary/aromatic N) is 1. The van der Waals surface area contributed by atoms with Gasteiger partial charge in [0.25, 0.3) is 5.91 Å². The van der Waals surface area contributed by atoms with E-state index in [-0.39, 0.29) is 12.0 Å². The van der Waals surface area contributed by atoms with Crippen molar-refractivity contribution in [1.82, 2.24) is 4.98 Å². The van der Waals surface area contributed by atoms with Crippen LogP contribution in [0.4, 0.5) is 5.69 Å². The summed E-state index contributed by atoms with van der Waals surface area (Å²) < 4.78 is 6.29. The van der Waals surface area contributed by atoms with Gasteiger partial charge in [-0.25, -0.2) is 4.98 Å². The van der Waals surface area contributed by atoms with Crippen LogP contribution in [0.25, 0.3) is 0 Å². The topological polar surface area (TPSA) is 77.2 Å². The minimum absolute atomic E-state index is 0.00453. The lowest BCUT2D eigenvalue weighted by atomic mass is 10.2. The van der Waals surface area contributed by atoms with Crippen LogP contribution >= 0.6 is 15.9 Å². The molecule has 1 aliphatic heterocycles. The Morgan fingerprint density at radius 1 is 1.61 bits per heavy atom. The molecule has 1 aromatic heterocycles. The third kappa shape index (κ3) is 3.07. The van der Waals surface area contributed by atoms with E-state index in [0.29, 0.717) is 12.2 Å². The Bertz CT molecular complexity index is 453. The first-order valence-corrected chi connectivity index (χ1v) is 6.69. The number of nitrogens with two attached hydrogens (primary N) is 1. The number of hydrogen-bond acceptors (Lipinski definition) is 4. The minimum atomic E-state index is -0.401. The number of amides is 1. The van der Waals surface area contributed by atoms with Crippen molar-refractivity contribution >= 4 is 27.5 Å². The van der Waals surface area contributed by atoms with Crippen LogP contribution in [-0.4, -0.2) is 29.6 Å². The van der Waals surface area contributed by atoms with Gasteiger partial charge in [0.15, 0.2) is 0 Å². The summed E-state index contributed by atoms with van der Waals surface area (Å²) in [7, 11) is 0. The summed E-state index contributed by atoms with van der Waals surface area (Å²) in [5.74, 6) is -0.127. The number of aromatic nitrogens is 1. The Kier molecular flexibility index (Phi) is 4.31. The molecular formula is C12H16BrN3O2. The molecule has 0 aromatic carbocycles. The average Bonchev–Trinajstić information content (AvgIpc) is 2.81. The molecule has 1 fully saturated rings. The highest BCUT2D eigenvalue weighted by atomic mass is 79.9. The minimum Gasteiger partial charge on any atom is -0.364 e. The summed E-state index contributed by atoms with van der Waals surface area (Å²) in [5.41, 5.74) is 7.00. The van der Waals surface area contributed by atoms with Gasteiger partial charge < -0.3 is 15.8 Å². The van der Waals surface area contributed by atoms with Crippen molar-refractivity contribution < 1.29 is 9.53 Å². The smallest absolute Gasteiger partial charge is 0.253 e. The summed E-state index contributed by atoms with van der Waals surface area (Å²) in [6, 6.07) is 3.61. The quantitative estimate of drug-likeness (QED) is 0.831. The standard InChI is InChI=1S/C12H16BrN3O2/c1-7-9(3-5-11(13)15-7)16-12(17)10-4-2-8(6-14)18-10/h3,5,8,10H,2,4,6,14H2,1H3,(H,16,17). The van der Waals surface area contributed by atoms with E-state index in [1.54, 1.807) is 6.07 Å². The van der Waals surface area contributed by atoms with Crippen molar-refractivity contribution in [2.75, 3.05) is 11.9 Å². The highest BCUT2D eigenvalue weighted by Crippen LogP contribution is 2.22. The Morgan fingerprint density at radius 2 is 2.39 bits per heavy atom. The fourth-order valence-electron chi connectivity index (χ4n) is 1.95. The second-order valence-electron chi connectivity index (χ2n) is 4.32. The largest absolute Gasteiger partial charge is 0.364 e. The number of ether oxygens (including phenoxy) is 1. The fourth-order valence-corrected chi connectivity index (χ4v) is 2.35. The Morgan fingerprint density at radius 3 is 3.00 bits per heavy atom. The van der Waals surface area contributed by atoms with Gasteiger partial charge in [-0.05, 0) is 47.8 Å². The molecule has 6 heteroatoms. The predicted molar refractivity (Wildman–Crippen MR) is 72.3 cm³/mol. The first-order valence-electron chi connectivity index (χ1n) is 5.89. The number of carbonyl (C=O) groups excluding carboxylic acids is 1. The fraction of sp³-hybridized carbons (Fsp3) is 0.500. The van der Waals surface area contributed by atoms with Gasteiger partial charge in [-0.1, -0.05) is 0 Å². The van der Waals surface area contributed by atoms with Crippen LogP contribution in [0.3, 0.4) is 0 Å². The van der Waals surface area contributed by atoms with E-state index in [4.69, 9.17) is 10.5 Å². The van der Waals surface area contributed by atoms with Gasteiger partial charge in [-0.15, -0.1) is 0 Å². The third-order valence-corrected chi connectivity index (χ3v) is 3.41. The molecule has 0 aliphatic carbocycles. The van der Waals surface area contributed by atoms with Crippen LogP contribution < -0.4 is 11.1 Å². The second kappa shape index (κ2) is 5.77. The highest BCUT2D eigenvalue weighted by molar-refractivity contribution is 9.10. The molecule has 0 spiro atoms. The summed E-state index contributed by atoms with van der Waals surface area (Å²) in [5, 5.41) is 2.84. The number of rotatable bonds is 3. The third-order valence-electron chi connectivity index (χ3n) is 2.97. The van der Waals surface area contributed by atoms with Gasteiger partial charge in [0.2, 0.25) is 0 Å². The van der Waals surface area contributed by atoms with Crippen LogP contribution in [0.1, 0.15) is 18.5 Å². The predicted octanol–water partition coefficient (Wildman–Crippen LogP) is 1.60. The molecule has 1 aromatic rings. The molecule has 3 N–H and O–H groups in total. The van der Waals surface area contributed by atoms with E-state index in [0.717, 1.165) is 23.1 Å². The normalized spacial score (nSPS) is 23.1. The summed E-state index contributed by atoms with van der Waals surface area (Å²) in [6.07, 6.45) is 1.16. The zero-order valence-corrected chi connectivity index (χ0v) is 11.7. The highest BCUT2D eigenvalue weighted by Gasteiger charge is 2.30. The maximum Gasteiger partial charge on any atom is 0.253 e. The Hall–Kier alpha value is -0.980. The van der Waals surface area contributed by atoms with Crippen molar-refractivity contribution in [3.8, 4) is 0 Å². The molecule has 2 atom stereocenters. The molecular weight excluding hydrogens is 298 g/mol. The molecule has 1 saturated heterocycles. The van der Waals surface area contributed by atoms with Crippen molar-refractivity contribution in [3.05, 3.63) is 22.4 Å². The van der Waals surface area contributed by atoms with Crippen molar-refractivity contribution in [2.24, 2.45) is 5.73 Å². The molecule has 0 radical (unpaired) electrons. The number of halogens is 1. The van der Waals surface area contributed by atoms with Crippen molar-refractivity contribution in [3.63, 3.8) is 0 Å². The van der Waals surface area contributed by atoms with Gasteiger partial charge in [-0.2, -0.15) is 0 Å². The lowest BCUT2D eigenvalue weighted by Gasteiger charge is -2.13. The SMILES string of the molecule is Cc1nc(Br)ccc1NC(=O)C1CCC(CN)O1. The molecule has 2 rings (SSSR count).